The van der Waals surface area contributed by atoms with Crippen LogP contribution in [0.1, 0.15) is 11.1 Å². The molecule has 0 saturated heterocycles. The SMILES string of the molecule is COc1ccc2c(-c3cc4ccc(OCc5cccc(C(F)(F)F)c5)cc4oc3=O)cc(=O)oc2c1. The van der Waals surface area contributed by atoms with Gasteiger partial charge in [-0.25, -0.2) is 9.59 Å². The van der Waals surface area contributed by atoms with Crippen LogP contribution in [0.3, 0.4) is 0 Å². The van der Waals surface area contributed by atoms with Gasteiger partial charge in [0.2, 0.25) is 0 Å². The predicted octanol–water partition coefficient (Wildman–Crippen LogP) is 6.17. The highest BCUT2D eigenvalue weighted by Gasteiger charge is 2.30. The van der Waals surface area contributed by atoms with Crippen LogP contribution in [0.2, 0.25) is 0 Å². The summed E-state index contributed by atoms with van der Waals surface area (Å²) < 4.78 is 60.3. The van der Waals surface area contributed by atoms with Gasteiger partial charge < -0.3 is 18.3 Å². The van der Waals surface area contributed by atoms with Gasteiger partial charge in [0.05, 0.1) is 18.2 Å². The summed E-state index contributed by atoms with van der Waals surface area (Å²) in [6, 6.07) is 17.3. The lowest BCUT2D eigenvalue weighted by Crippen LogP contribution is -2.07. The molecule has 0 bridgehead atoms. The Morgan fingerprint density at radius 3 is 2.36 bits per heavy atom. The molecule has 36 heavy (non-hydrogen) atoms. The number of methoxy groups -OCH3 is 1. The number of hydrogen-bond donors (Lipinski definition) is 0. The highest BCUT2D eigenvalue weighted by molar-refractivity contribution is 5.95. The van der Waals surface area contributed by atoms with Crippen LogP contribution >= 0.6 is 0 Å². The van der Waals surface area contributed by atoms with Gasteiger partial charge in [0.15, 0.2) is 0 Å². The van der Waals surface area contributed by atoms with Crippen LogP contribution in [0.15, 0.2) is 91.2 Å². The molecule has 0 atom stereocenters. The van der Waals surface area contributed by atoms with E-state index in [0.717, 1.165) is 12.1 Å². The van der Waals surface area contributed by atoms with E-state index in [1.807, 2.05) is 0 Å². The third-order valence-electron chi connectivity index (χ3n) is 5.61. The van der Waals surface area contributed by atoms with E-state index >= 15 is 0 Å². The lowest BCUT2D eigenvalue weighted by Gasteiger charge is -2.11. The highest BCUT2D eigenvalue weighted by Crippen LogP contribution is 2.32. The summed E-state index contributed by atoms with van der Waals surface area (Å²) in [7, 11) is 1.48. The van der Waals surface area contributed by atoms with Crippen molar-refractivity contribution in [1.82, 2.24) is 0 Å². The Balaban J connectivity index is 1.48. The Morgan fingerprint density at radius 1 is 0.806 bits per heavy atom. The van der Waals surface area contributed by atoms with Gasteiger partial charge in [-0.05, 0) is 48.0 Å². The van der Waals surface area contributed by atoms with E-state index in [4.69, 9.17) is 18.3 Å². The smallest absolute Gasteiger partial charge is 0.416 e. The molecule has 0 fully saturated rings. The number of fused-ring (bicyclic) bond motifs is 2. The molecule has 2 heterocycles. The standard InChI is InChI=1S/C27H17F3O6/c1-33-18-7-8-20-21(13-25(31)35-24(20)11-18)22-10-16-5-6-19(12-23(16)36-26(22)32)34-14-15-3-2-4-17(9-15)27(28,29)30/h2-13H,14H2,1H3. The summed E-state index contributed by atoms with van der Waals surface area (Å²) in [6.07, 6.45) is -4.45. The van der Waals surface area contributed by atoms with Gasteiger partial charge in [-0.3, -0.25) is 0 Å². The van der Waals surface area contributed by atoms with Crippen LogP contribution < -0.4 is 20.7 Å². The van der Waals surface area contributed by atoms with Crippen molar-refractivity contribution in [3.63, 3.8) is 0 Å². The predicted molar refractivity (Wildman–Crippen MR) is 126 cm³/mol. The monoisotopic (exact) mass is 494 g/mol. The topological polar surface area (TPSA) is 78.9 Å². The number of hydrogen-bond acceptors (Lipinski definition) is 6. The van der Waals surface area contributed by atoms with Crippen LogP contribution in [0, 0.1) is 0 Å². The molecular formula is C27H17F3O6. The Bertz CT molecular complexity index is 1720. The quantitative estimate of drug-likeness (QED) is 0.272. The van der Waals surface area contributed by atoms with Crippen molar-refractivity contribution in [2.45, 2.75) is 12.8 Å². The molecule has 0 radical (unpaired) electrons. The van der Waals surface area contributed by atoms with Crippen molar-refractivity contribution >= 4 is 21.9 Å². The van der Waals surface area contributed by atoms with Crippen molar-refractivity contribution in [2.24, 2.45) is 0 Å². The lowest BCUT2D eigenvalue weighted by molar-refractivity contribution is -0.137. The Kier molecular flexibility index (Phi) is 5.75. The first-order chi connectivity index (χ1) is 17.2. The zero-order valence-electron chi connectivity index (χ0n) is 18.7. The molecule has 0 aliphatic rings. The third kappa shape index (κ3) is 4.55. The molecule has 5 rings (SSSR count). The molecule has 0 spiro atoms. The molecule has 9 heteroatoms. The molecule has 3 aromatic carbocycles. The second-order valence-corrected chi connectivity index (χ2v) is 7.98. The summed E-state index contributed by atoms with van der Waals surface area (Å²) in [5.41, 5.74) is -0.736. The lowest BCUT2D eigenvalue weighted by atomic mass is 10.0. The van der Waals surface area contributed by atoms with Crippen LogP contribution in [-0.2, 0) is 12.8 Å². The van der Waals surface area contributed by atoms with E-state index in [1.54, 1.807) is 36.4 Å². The molecule has 0 unspecified atom stereocenters. The first-order valence-electron chi connectivity index (χ1n) is 10.7. The highest BCUT2D eigenvalue weighted by atomic mass is 19.4. The minimum atomic E-state index is -4.45. The molecule has 182 valence electrons. The van der Waals surface area contributed by atoms with Crippen LogP contribution in [0.4, 0.5) is 13.2 Å². The Morgan fingerprint density at radius 2 is 1.58 bits per heavy atom. The number of ether oxygens (including phenoxy) is 2. The van der Waals surface area contributed by atoms with Gasteiger partial charge in [0.1, 0.15) is 29.3 Å². The van der Waals surface area contributed by atoms with E-state index in [0.29, 0.717) is 33.4 Å². The fourth-order valence-corrected chi connectivity index (χ4v) is 3.87. The van der Waals surface area contributed by atoms with Gasteiger partial charge in [-0.15, -0.1) is 0 Å². The molecule has 2 aromatic heterocycles. The molecule has 0 saturated carbocycles. The van der Waals surface area contributed by atoms with E-state index in [1.165, 1.54) is 31.4 Å². The van der Waals surface area contributed by atoms with E-state index in [9.17, 15) is 22.8 Å². The van der Waals surface area contributed by atoms with E-state index in [2.05, 4.69) is 0 Å². The maximum absolute atomic E-state index is 12.9. The minimum absolute atomic E-state index is 0.104. The number of halogens is 3. The van der Waals surface area contributed by atoms with E-state index < -0.39 is 23.0 Å². The molecule has 0 N–H and O–H groups in total. The number of rotatable bonds is 5. The van der Waals surface area contributed by atoms with E-state index in [-0.39, 0.29) is 23.3 Å². The number of benzene rings is 3. The molecule has 5 aromatic rings. The fraction of sp³-hybridized carbons (Fsp3) is 0.111. The normalized spacial score (nSPS) is 11.7. The Labute approximate surface area is 201 Å². The molecule has 0 aliphatic carbocycles. The average molecular weight is 494 g/mol. The first-order valence-corrected chi connectivity index (χ1v) is 10.7. The van der Waals surface area contributed by atoms with Crippen LogP contribution in [0.25, 0.3) is 33.1 Å². The summed E-state index contributed by atoms with van der Waals surface area (Å²) >= 11 is 0. The average Bonchev–Trinajstić information content (AvgIpc) is 2.85. The molecular weight excluding hydrogens is 477 g/mol. The summed E-state index contributed by atoms with van der Waals surface area (Å²) in [6.45, 7) is -0.104. The van der Waals surface area contributed by atoms with Gasteiger partial charge in [-0.1, -0.05) is 12.1 Å². The van der Waals surface area contributed by atoms with Gasteiger partial charge in [0, 0.05) is 34.5 Å². The summed E-state index contributed by atoms with van der Waals surface area (Å²) in [4.78, 5) is 25.0. The van der Waals surface area contributed by atoms with Gasteiger partial charge >= 0.3 is 17.4 Å². The minimum Gasteiger partial charge on any atom is -0.497 e. The molecule has 6 nitrogen and oxygen atoms in total. The second-order valence-electron chi connectivity index (χ2n) is 7.98. The van der Waals surface area contributed by atoms with Gasteiger partial charge in [-0.2, -0.15) is 13.2 Å². The van der Waals surface area contributed by atoms with Crippen molar-refractivity contribution < 1.29 is 31.5 Å². The zero-order chi connectivity index (χ0) is 25.4. The first kappa shape index (κ1) is 23.2. The summed E-state index contributed by atoms with van der Waals surface area (Å²) in [5, 5.41) is 1.09. The van der Waals surface area contributed by atoms with Crippen LogP contribution in [-0.4, -0.2) is 7.11 Å². The molecule has 0 aliphatic heterocycles. The fourth-order valence-electron chi connectivity index (χ4n) is 3.87. The van der Waals surface area contributed by atoms with Crippen LogP contribution in [0.5, 0.6) is 11.5 Å². The Hall–Kier alpha value is -4.53. The van der Waals surface area contributed by atoms with Crippen molar-refractivity contribution in [3.8, 4) is 22.6 Å². The second kappa shape index (κ2) is 8.92. The van der Waals surface area contributed by atoms with Crippen molar-refractivity contribution in [1.29, 1.82) is 0 Å². The maximum Gasteiger partial charge on any atom is 0.416 e. The largest absolute Gasteiger partial charge is 0.497 e. The third-order valence-corrected chi connectivity index (χ3v) is 5.61. The number of alkyl halides is 3. The zero-order valence-corrected chi connectivity index (χ0v) is 18.7. The summed E-state index contributed by atoms with van der Waals surface area (Å²) in [5.74, 6) is 0.805. The van der Waals surface area contributed by atoms with Crippen molar-refractivity contribution in [3.05, 3.63) is 105 Å². The molecule has 0 amide bonds. The van der Waals surface area contributed by atoms with Crippen molar-refractivity contribution in [2.75, 3.05) is 7.11 Å². The maximum atomic E-state index is 12.9. The van der Waals surface area contributed by atoms with Gasteiger partial charge in [0.25, 0.3) is 0 Å².